The third kappa shape index (κ3) is 5.92. The first-order valence-corrected chi connectivity index (χ1v) is 10.8. The number of aromatic nitrogens is 1. The molecule has 0 unspecified atom stereocenters. The minimum absolute atomic E-state index is 0.274. The number of nitrogens with one attached hydrogen (secondary N) is 3. The van der Waals surface area contributed by atoms with Crippen molar-refractivity contribution in [2.24, 2.45) is 0 Å². The van der Waals surface area contributed by atoms with Crippen LogP contribution >= 0.6 is 11.3 Å². The van der Waals surface area contributed by atoms with E-state index in [1.54, 1.807) is 6.07 Å². The Bertz CT molecular complexity index is 1120. The van der Waals surface area contributed by atoms with E-state index in [0.717, 1.165) is 21.9 Å². The molecule has 2 aromatic carbocycles. The van der Waals surface area contributed by atoms with Gasteiger partial charge in [-0.25, -0.2) is 4.98 Å². The van der Waals surface area contributed by atoms with Gasteiger partial charge in [0.05, 0.1) is 12.3 Å². The molecule has 3 aromatic rings. The van der Waals surface area contributed by atoms with Crippen molar-refractivity contribution >= 4 is 45.6 Å². The van der Waals surface area contributed by atoms with Gasteiger partial charge in [0.15, 0.2) is 5.13 Å². The lowest BCUT2D eigenvalue weighted by Crippen LogP contribution is -2.15. The van der Waals surface area contributed by atoms with Crippen molar-refractivity contribution in [2.45, 2.75) is 27.7 Å². The molecule has 0 saturated carbocycles. The van der Waals surface area contributed by atoms with E-state index in [1.807, 2.05) is 38.1 Å². The molecule has 0 aliphatic carbocycles. The number of carbonyl (C=O) groups is 3. The SMILES string of the molecule is CCOc1ccc(-c2nc(NC(=O)c3cc(NC(C)=O)cc(NC(C)=O)c3)sc2C)cc1. The van der Waals surface area contributed by atoms with E-state index in [1.165, 1.54) is 37.3 Å². The van der Waals surface area contributed by atoms with E-state index in [0.29, 0.717) is 23.1 Å². The lowest BCUT2D eigenvalue weighted by atomic mass is 10.1. The van der Waals surface area contributed by atoms with Crippen LogP contribution in [0.1, 0.15) is 36.0 Å². The molecule has 0 saturated heterocycles. The molecule has 3 N–H and O–H groups in total. The number of rotatable bonds is 7. The van der Waals surface area contributed by atoms with Gasteiger partial charge in [-0.2, -0.15) is 0 Å². The van der Waals surface area contributed by atoms with Gasteiger partial charge >= 0.3 is 0 Å². The number of benzene rings is 2. The molecule has 8 nitrogen and oxygen atoms in total. The number of nitrogens with zero attached hydrogens (tertiary/aromatic N) is 1. The third-order valence-electron chi connectivity index (χ3n) is 4.29. The summed E-state index contributed by atoms with van der Waals surface area (Å²) in [5.41, 5.74) is 2.77. The topological polar surface area (TPSA) is 109 Å². The zero-order valence-corrected chi connectivity index (χ0v) is 19.1. The summed E-state index contributed by atoms with van der Waals surface area (Å²) in [7, 11) is 0. The third-order valence-corrected chi connectivity index (χ3v) is 5.18. The zero-order valence-electron chi connectivity index (χ0n) is 18.2. The first-order valence-electron chi connectivity index (χ1n) is 9.97. The van der Waals surface area contributed by atoms with E-state index in [-0.39, 0.29) is 17.4 Å². The maximum atomic E-state index is 12.9. The number of hydrogen-bond acceptors (Lipinski definition) is 6. The first-order chi connectivity index (χ1) is 15.2. The van der Waals surface area contributed by atoms with Crippen LogP contribution in [0.3, 0.4) is 0 Å². The monoisotopic (exact) mass is 452 g/mol. The predicted molar refractivity (Wildman–Crippen MR) is 126 cm³/mol. The van der Waals surface area contributed by atoms with Crippen LogP contribution in [0.25, 0.3) is 11.3 Å². The van der Waals surface area contributed by atoms with Crippen molar-refractivity contribution in [3.63, 3.8) is 0 Å². The standard InChI is InChI=1S/C23H24N4O4S/c1-5-31-20-8-6-16(7-9-20)21-13(2)32-23(26-21)27-22(30)17-10-18(24-14(3)28)12-19(11-17)25-15(4)29/h6-12H,5H2,1-4H3,(H,24,28)(H,25,29)(H,26,27,30). The van der Waals surface area contributed by atoms with Crippen molar-refractivity contribution in [1.82, 2.24) is 4.98 Å². The molecule has 32 heavy (non-hydrogen) atoms. The highest BCUT2D eigenvalue weighted by molar-refractivity contribution is 7.16. The summed E-state index contributed by atoms with van der Waals surface area (Å²) in [4.78, 5) is 41.3. The number of anilines is 3. The largest absolute Gasteiger partial charge is 0.494 e. The fraction of sp³-hybridized carbons (Fsp3) is 0.217. The zero-order chi connectivity index (χ0) is 23.3. The first kappa shape index (κ1) is 23.0. The fourth-order valence-electron chi connectivity index (χ4n) is 3.07. The average molecular weight is 453 g/mol. The summed E-state index contributed by atoms with van der Waals surface area (Å²) < 4.78 is 5.47. The number of hydrogen-bond donors (Lipinski definition) is 3. The molecule has 1 heterocycles. The second kappa shape index (κ2) is 10.1. The maximum absolute atomic E-state index is 12.9. The van der Waals surface area contributed by atoms with Crippen LogP contribution in [0.2, 0.25) is 0 Å². The molecule has 3 rings (SSSR count). The molecule has 0 bridgehead atoms. The Labute approximate surface area is 190 Å². The van der Waals surface area contributed by atoms with Crippen LogP contribution in [-0.2, 0) is 9.59 Å². The summed E-state index contributed by atoms with van der Waals surface area (Å²) in [6.45, 7) is 7.19. The predicted octanol–water partition coefficient (Wildman–Crippen LogP) is 4.69. The van der Waals surface area contributed by atoms with Crippen molar-refractivity contribution in [2.75, 3.05) is 22.6 Å². The Morgan fingerprint density at radius 1 is 0.938 bits per heavy atom. The van der Waals surface area contributed by atoms with E-state index < -0.39 is 5.91 Å². The summed E-state index contributed by atoms with van der Waals surface area (Å²) in [5.74, 6) is -0.193. The molecular weight excluding hydrogens is 428 g/mol. The number of aryl methyl sites for hydroxylation is 1. The Morgan fingerprint density at radius 2 is 1.53 bits per heavy atom. The van der Waals surface area contributed by atoms with Gasteiger partial charge in [0.1, 0.15) is 5.75 Å². The van der Waals surface area contributed by atoms with Crippen molar-refractivity contribution < 1.29 is 19.1 Å². The quantitative estimate of drug-likeness (QED) is 0.482. The molecule has 0 spiro atoms. The Hall–Kier alpha value is -3.72. The summed E-state index contributed by atoms with van der Waals surface area (Å²) in [6, 6.07) is 12.3. The molecule has 0 radical (unpaired) electrons. The molecule has 166 valence electrons. The molecule has 9 heteroatoms. The highest BCUT2D eigenvalue weighted by atomic mass is 32.1. The van der Waals surface area contributed by atoms with Gasteiger partial charge in [0.25, 0.3) is 5.91 Å². The normalized spacial score (nSPS) is 10.4. The molecule has 0 aliphatic rings. The average Bonchev–Trinajstić information content (AvgIpc) is 3.07. The van der Waals surface area contributed by atoms with Crippen LogP contribution in [0.4, 0.5) is 16.5 Å². The van der Waals surface area contributed by atoms with Gasteiger partial charge in [-0.3, -0.25) is 19.7 Å². The maximum Gasteiger partial charge on any atom is 0.257 e. The Kier molecular flexibility index (Phi) is 7.21. The second-order valence-electron chi connectivity index (χ2n) is 7.00. The van der Waals surface area contributed by atoms with E-state index in [2.05, 4.69) is 20.9 Å². The van der Waals surface area contributed by atoms with Crippen LogP contribution in [-0.4, -0.2) is 29.3 Å². The molecule has 0 aliphatic heterocycles. The van der Waals surface area contributed by atoms with Crippen LogP contribution < -0.4 is 20.7 Å². The molecule has 1 aromatic heterocycles. The van der Waals surface area contributed by atoms with Gasteiger partial charge in [0.2, 0.25) is 11.8 Å². The summed E-state index contributed by atoms with van der Waals surface area (Å²) >= 11 is 1.36. The Morgan fingerprint density at radius 3 is 2.06 bits per heavy atom. The fourth-order valence-corrected chi connectivity index (χ4v) is 3.90. The second-order valence-corrected chi connectivity index (χ2v) is 8.20. The highest BCUT2D eigenvalue weighted by Gasteiger charge is 2.15. The van der Waals surface area contributed by atoms with Crippen LogP contribution in [0.5, 0.6) is 5.75 Å². The number of ether oxygens (including phenoxy) is 1. The van der Waals surface area contributed by atoms with E-state index in [4.69, 9.17) is 4.74 Å². The van der Waals surface area contributed by atoms with Gasteiger partial charge in [-0.05, 0) is 56.3 Å². The summed E-state index contributed by atoms with van der Waals surface area (Å²) in [6.07, 6.45) is 0. The van der Waals surface area contributed by atoms with Gasteiger partial charge in [-0.1, -0.05) is 0 Å². The van der Waals surface area contributed by atoms with Gasteiger partial charge in [0, 0.05) is 41.2 Å². The van der Waals surface area contributed by atoms with E-state index in [9.17, 15) is 14.4 Å². The number of amides is 3. The number of carbonyl (C=O) groups excluding carboxylic acids is 3. The lowest BCUT2D eigenvalue weighted by molar-refractivity contribution is -0.115. The molecule has 0 fully saturated rings. The van der Waals surface area contributed by atoms with Crippen LogP contribution in [0.15, 0.2) is 42.5 Å². The van der Waals surface area contributed by atoms with Gasteiger partial charge in [-0.15, -0.1) is 11.3 Å². The molecule has 3 amide bonds. The van der Waals surface area contributed by atoms with Crippen molar-refractivity contribution in [1.29, 1.82) is 0 Å². The lowest BCUT2D eigenvalue weighted by Gasteiger charge is -2.10. The highest BCUT2D eigenvalue weighted by Crippen LogP contribution is 2.32. The van der Waals surface area contributed by atoms with Crippen LogP contribution in [0, 0.1) is 6.92 Å². The van der Waals surface area contributed by atoms with Crippen molar-refractivity contribution in [3.05, 3.63) is 52.9 Å². The summed E-state index contributed by atoms with van der Waals surface area (Å²) in [5, 5.41) is 8.51. The molecule has 0 atom stereocenters. The Balaban J connectivity index is 1.83. The van der Waals surface area contributed by atoms with Gasteiger partial charge < -0.3 is 15.4 Å². The number of thiazole rings is 1. The smallest absolute Gasteiger partial charge is 0.257 e. The van der Waals surface area contributed by atoms with Crippen molar-refractivity contribution in [3.8, 4) is 17.0 Å². The van der Waals surface area contributed by atoms with E-state index >= 15 is 0 Å². The minimum Gasteiger partial charge on any atom is -0.494 e. The molecular formula is C23H24N4O4S. The minimum atomic E-state index is -0.407.